The number of anilines is 2. The minimum Gasteiger partial charge on any atom is -0.480 e. The van der Waals surface area contributed by atoms with Crippen LogP contribution in [0.4, 0.5) is 11.4 Å². The van der Waals surface area contributed by atoms with E-state index >= 15 is 0 Å². The zero-order chi connectivity index (χ0) is 42.5. The Morgan fingerprint density at radius 1 is 0.683 bits per heavy atom. The van der Waals surface area contributed by atoms with Crippen LogP contribution < -0.4 is 9.80 Å². The van der Waals surface area contributed by atoms with Crippen LogP contribution in [0.3, 0.4) is 0 Å². The fraction of sp³-hybridized carbons (Fsp3) is 0.250. The van der Waals surface area contributed by atoms with Crippen LogP contribution in [0.1, 0.15) is 40.8 Å². The number of nitrogens with zero attached hydrogens (tertiary/aromatic N) is 5. The summed E-state index contributed by atoms with van der Waals surface area (Å²) in [5.41, 5.74) is 3.20. The van der Waals surface area contributed by atoms with Crippen molar-refractivity contribution in [3.8, 4) is 11.3 Å². The summed E-state index contributed by atoms with van der Waals surface area (Å²) in [5.74, 6) is -2.74. The molecular weight excluding hydrogens is 813 g/mol. The lowest BCUT2D eigenvalue weighted by Crippen LogP contribution is -2.44. The standard InChI is InChI=1S/C24H20ClN3O5.C20H17ClN2O4/c1-14-17(22(33-26-14)15-5-3-2-4-6-15)11-27-13-24(10-20(27)29)18-9-16(25)7-8-19(18)28(23(24)32)12-21(30)31;21-14-6-7-16-15(8-14)20(19(27)23(16)11-18(25)26)9-17(24)22(12-20)10-13-4-2-1-3-5-13/h2-9H,10-13H2,1H3,(H,30,31);1-8H,9-12H2,(H,25,26). The van der Waals surface area contributed by atoms with E-state index in [9.17, 15) is 39.0 Å². The molecule has 2 N–H and O–H groups in total. The number of carboxylic acid groups (broad SMARTS) is 2. The van der Waals surface area contributed by atoms with Gasteiger partial charge in [-0.05, 0) is 60.0 Å². The van der Waals surface area contributed by atoms with Crippen LogP contribution >= 0.6 is 23.2 Å². The quantitative estimate of drug-likeness (QED) is 0.183. The number of rotatable bonds is 9. The van der Waals surface area contributed by atoms with Crippen LogP contribution in [-0.4, -0.2) is 86.9 Å². The van der Waals surface area contributed by atoms with Gasteiger partial charge in [0.15, 0.2) is 5.76 Å². The molecular formula is C44H37Cl2N5O9. The van der Waals surface area contributed by atoms with Crippen LogP contribution in [0, 0.1) is 6.92 Å². The molecule has 1 aromatic heterocycles. The van der Waals surface area contributed by atoms with E-state index in [-0.39, 0.29) is 50.2 Å². The lowest BCUT2D eigenvalue weighted by Gasteiger charge is -2.23. The van der Waals surface area contributed by atoms with Gasteiger partial charge in [0.25, 0.3) is 0 Å². The molecule has 2 unspecified atom stereocenters. The number of halogens is 2. The Morgan fingerprint density at radius 2 is 1.15 bits per heavy atom. The highest BCUT2D eigenvalue weighted by Gasteiger charge is 2.59. The van der Waals surface area contributed by atoms with Crippen molar-refractivity contribution in [3.63, 3.8) is 0 Å². The van der Waals surface area contributed by atoms with E-state index in [4.69, 9.17) is 27.7 Å². The van der Waals surface area contributed by atoms with Crippen molar-refractivity contribution in [2.75, 3.05) is 36.0 Å². The molecule has 5 aromatic rings. The van der Waals surface area contributed by atoms with E-state index in [0.29, 0.717) is 50.5 Å². The molecule has 0 bridgehead atoms. The highest BCUT2D eigenvalue weighted by molar-refractivity contribution is 6.31. The van der Waals surface area contributed by atoms with Gasteiger partial charge in [-0.3, -0.25) is 28.8 Å². The van der Waals surface area contributed by atoms with Gasteiger partial charge in [-0.2, -0.15) is 0 Å². The van der Waals surface area contributed by atoms with Crippen molar-refractivity contribution >= 4 is 70.1 Å². The Kier molecular flexibility index (Phi) is 10.5. The minimum absolute atomic E-state index is 0.0160. The molecule has 2 saturated heterocycles. The molecule has 2 atom stereocenters. The lowest BCUT2D eigenvalue weighted by molar-refractivity contribution is -0.137. The van der Waals surface area contributed by atoms with Gasteiger partial charge in [0.05, 0.1) is 12.2 Å². The third kappa shape index (κ3) is 7.05. The second-order valence-corrected chi connectivity index (χ2v) is 16.2. The summed E-state index contributed by atoms with van der Waals surface area (Å²) in [7, 11) is 0. The van der Waals surface area contributed by atoms with Gasteiger partial charge in [0.2, 0.25) is 23.6 Å². The predicted octanol–water partition coefficient (Wildman–Crippen LogP) is 5.85. The summed E-state index contributed by atoms with van der Waals surface area (Å²) < 4.78 is 5.55. The molecule has 5 heterocycles. The third-order valence-electron chi connectivity index (χ3n) is 11.5. The highest BCUT2D eigenvalue weighted by Crippen LogP contribution is 2.50. The van der Waals surface area contributed by atoms with Gasteiger partial charge < -0.3 is 34.3 Å². The first-order valence-corrected chi connectivity index (χ1v) is 19.7. The SMILES string of the molecule is Cc1noc(-c2ccccc2)c1CN1CC2(CC1=O)C(=O)N(CC(=O)O)c1ccc(Cl)cc12.O=C(O)CN1C(=O)C2(CC(=O)N(Cc3ccccc3)C2)c2cc(Cl)ccc21. The Labute approximate surface area is 353 Å². The normalized spacial score (nSPS) is 20.3. The number of aryl methyl sites for hydroxylation is 1. The summed E-state index contributed by atoms with van der Waals surface area (Å²) in [6, 6.07) is 28.9. The molecule has 60 heavy (non-hydrogen) atoms. The summed E-state index contributed by atoms with van der Waals surface area (Å²) in [5, 5.41) is 23.5. The molecule has 4 amide bonds. The number of likely N-dealkylation sites (tertiary alicyclic amines) is 2. The Bertz CT molecular complexity index is 2590. The highest BCUT2D eigenvalue weighted by atomic mass is 35.5. The zero-order valence-electron chi connectivity index (χ0n) is 32.1. The second-order valence-electron chi connectivity index (χ2n) is 15.3. The van der Waals surface area contributed by atoms with E-state index in [1.165, 1.54) is 9.80 Å². The molecule has 4 aromatic carbocycles. The monoisotopic (exact) mass is 849 g/mol. The average molecular weight is 851 g/mol. The number of carbonyl (C=O) groups is 6. The molecule has 0 radical (unpaired) electrons. The second kappa shape index (κ2) is 15.6. The van der Waals surface area contributed by atoms with Gasteiger partial charge >= 0.3 is 11.9 Å². The molecule has 4 aliphatic rings. The molecule has 14 nitrogen and oxygen atoms in total. The van der Waals surface area contributed by atoms with Gasteiger partial charge in [0.1, 0.15) is 23.9 Å². The van der Waals surface area contributed by atoms with Crippen LogP contribution in [0.25, 0.3) is 11.3 Å². The number of aliphatic carboxylic acids is 2. The Morgan fingerprint density at radius 3 is 1.63 bits per heavy atom. The van der Waals surface area contributed by atoms with Crippen LogP contribution in [0.2, 0.25) is 10.0 Å². The fourth-order valence-electron chi connectivity index (χ4n) is 8.81. The molecule has 16 heteroatoms. The van der Waals surface area contributed by atoms with Crippen LogP contribution in [-0.2, 0) is 52.7 Å². The van der Waals surface area contributed by atoms with Gasteiger partial charge in [-0.15, -0.1) is 0 Å². The lowest BCUT2D eigenvalue weighted by atomic mass is 9.81. The number of carbonyl (C=O) groups excluding carboxylic acids is 4. The van der Waals surface area contributed by atoms with Crippen molar-refractivity contribution in [1.82, 2.24) is 15.0 Å². The minimum atomic E-state index is -1.18. The van der Waals surface area contributed by atoms with Crippen molar-refractivity contribution in [1.29, 1.82) is 0 Å². The van der Waals surface area contributed by atoms with Gasteiger partial charge in [-0.1, -0.05) is 89.0 Å². The number of hydrogen-bond acceptors (Lipinski definition) is 8. The molecule has 2 fully saturated rings. The van der Waals surface area contributed by atoms with Crippen molar-refractivity contribution in [2.24, 2.45) is 0 Å². The fourth-order valence-corrected chi connectivity index (χ4v) is 9.15. The van der Waals surface area contributed by atoms with Crippen LogP contribution in [0.15, 0.2) is 102 Å². The molecule has 4 aliphatic heterocycles. The summed E-state index contributed by atoms with van der Waals surface area (Å²) >= 11 is 12.4. The van der Waals surface area contributed by atoms with Crippen molar-refractivity contribution < 1.29 is 43.5 Å². The number of fused-ring (bicyclic) bond motifs is 4. The van der Waals surface area contributed by atoms with Gasteiger partial charge in [0, 0.05) is 65.0 Å². The first-order valence-electron chi connectivity index (χ1n) is 19.0. The van der Waals surface area contributed by atoms with Crippen molar-refractivity contribution in [2.45, 2.75) is 43.7 Å². The van der Waals surface area contributed by atoms with E-state index in [2.05, 4.69) is 5.16 Å². The van der Waals surface area contributed by atoms with Crippen LogP contribution in [0.5, 0.6) is 0 Å². The number of hydrogen-bond donors (Lipinski definition) is 2. The smallest absolute Gasteiger partial charge is 0.323 e. The first kappa shape index (κ1) is 40.3. The molecule has 0 saturated carbocycles. The summed E-state index contributed by atoms with van der Waals surface area (Å²) in [6.45, 7) is 1.85. The maximum absolute atomic E-state index is 13.5. The van der Waals surface area contributed by atoms with Crippen molar-refractivity contribution in [3.05, 3.63) is 135 Å². The number of amides is 4. The van der Waals surface area contributed by atoms with E-state index < -0.39 is 41.8 Å². The number of carboxylic acids is 2. The summed E-state index contributed by atoms with van der Waals surface area (Å²) in [4.78, 5) is 81.0. The van der Waals surface area contributed by atoms with E-state index in [0.717, 1.165) is 16.7 Å². The zero-order valence-corrected chi connectivity index (χ0v) is 33.7. The Hall–Kier alpha value is -6.51. The van der Waals surface area contributed by atoms with E-state index in [1.54, 1.807) is 46.2 Å². The van der Waals surface area contributed by atoms with E-state index in [1.807, 2.05) is 67.6 Å². The average Bonchev–Trinajstić information content (AvgIpc) is 3.96. The summed E-state index contributed by atoms with van der Waals surface area (Å²) in [6.07, 6.45) is -0.0393. The largest absolute Gasteiger partial charge is 0.480 e. The molecule has 0 aliphatic carbocycles. The maximum Gasteiger partial charge on any atom is 0.323 e. The predicted molar refractivity (Wildman–Crippen MR) is 219 cm³/mol. The molecule has 306 valence electrons. The third-order valence-corrected chi connectivity index (χ3v) is 12.0. The molecule has 9 rings (SSSR count). The molecule has 2 spiro atoms. The number of benzene rings is 4. The Balaban J connectivity index is 0.000000170. The van der Waals surface area contributed by atoms with Gasteiger partial charge in [-0.25, -0.2) is 0 Å². The number of aromatic nitrogens is 1. The topological polar surface area (TPSA) is 182 Å². The first-order chi connectivity index (χ1) is 28.7. The maximum atomic E-state index is 13.5.